The van der Waals surface area contributed by atoms with Gasteiger partial charge < -0.3 is 19.8 Å². The molecule has 0 spiro atoms. The third kappa shape index (κ3) is 5.39. The van der Waals surface area contributed by atoms with Gasteiger partial charge in [0.2, 0.25) is 0 Å². The molecule has 0 bridgehead atoms. The Morgan fingerprint density at radius 3 is 2.52 bits per heavy atom. The molecular weight excluding hydrogens is 412 g/mol. The van der Waals surface area contributed by atoms with Gasteiger partial charge in [0.15, 0.2) is 11.8 Å². The molecule has 2 N–H and O–H groups in total. The number of nitrogens with one attached hydrogen (secondary N) is 2. The molecule has 1 atom stereocenters. The van der Waals surface area contributed by atoms with Gasteiger partial charge >= 0.3 is 0 Å². The van der Waals surface area contributed by atoms with Gasteiger partial charge in [0.1, 0.15) is 18.2 Å². The number of nitrogens with zero attached hydrogens (tertiary/aromatic N) is 6. The monoisotopic (exact) mass is 444 g/mol. The quantitative estimate of drug-likeness (QED) is 0.246. The van der Waals surface area contributed by atoms with E-state index in [-0.39, 0.29) is 6.04 Å². The highest BCUT2D eigenvalue weighted by atomic mass is 15.3. The maximum Gasteiger partial charge on any atom is 0.192 e. The van der Waals surface area contributed by atoms with Crippen LogP contribution in [-0.4, -0.2) is 36.8 Å². The SMILES string of the molecule is Cc1nnc(CN=C(NCCCn2c(C)nc3ccccc32)NC(C)c2ccccc2)n1C. The summed E-state index contributed by atoms with van der Waals surface area (Å²) in [6.45, 7) is 8.28. The highest BCUT2D eigenvalue weighted by Gasteiger charge is 2.10. The summed E-state index contributed by atoms with van der Waals surface area (Å²) in [4.78, 5) is 9.45. The lowest BCUT2D eigenvalue weighted by Gasteiger charge is -2.19. The molecule has 8 heteroatoms. The molecule has 0 fully saturated rings. The summed E-state index contributed by atoms with van der Waals surface area (Å²) in [6, 6.07) is 18.8. The summed E-state index contributed by atoms with van der Waals surface area (Å²) in [5.74, 6) is 3.52. The molecule has 2 aromatic heterocycles. The van der Waals surface area contributed by atoms with Crippen LogP contribution in [0.4, 0.5) is 0 Å². The summed E-state index contributed by atoms with van der Waals surface area (Å²) in [5, 5.41) is 15.4. The zero-order valence-electron chi connectivity index (χ0n) is 19.8. The molecule has 0 amide bonds. The Labute approximate surface area is 194 Å². The van der Waals surface area contributed by atoms with E-state index in [9.17, 15) is 0 Å². The number of aliphatic imine (C=N–C) groups is 1. The van der Waals surface area contributed by atoms with Crippen molar-refractivity contribution in [3.63, 3.8) is 0 Å². The van der Waals surface area contributed by atoms with Crippen molar-refractivity contribution in [1.82, 2.24) is 34.9 Å². The number of hydrogen-bond donors (Lipinski definition) is 2. The third-order valence-corrected chi connectivity index (χ3v) is 5.91. The van der Waals surface area contributed by atoms with E-state index in [0.717, 1.165) is 48.5 Å². The Morgan fingerprint density at radius 1 is 1.00 bits per heavy atom. The number of guanidine groups is 1. The second-order valence-corrected chi connectivity index (χ2v) is 8.24. The fourth-order valence-electron chi connectivity index (χ4n) is 3.84. The largest absolute Gasteiger partial charge is 0.356 e. The van der Waals surface area contributed by atoms with Gasteiger partial charge in [-0.1, -0.05) is 42.5 Å². The Hall–Kier alpha value is -3.68. The van der Waals surface area contributed by atoms with E-state index in [1.165, 1.54) is 11.1 Å². The van der Waals surface area contributed by atoms with Crippen molar-refractivity contribution in [2.24, 2.45) is 12.0 Å². The molecule has 4 rings (SSSR count). The summed E-state index contributed by atoms with van der Waals surface area (Å²) in [5.41, 5.74) is 3.43. The van der Waals surface area contributed by atoms with Gasteiger partial charge in [-0.2, -0.15) is 0 Å². The van der Waals surface area contributed by atoms with Crippen LogP contribution in [0, 0.1) is 13.8 Å². The van der Waals surface area contributed by atoms with Crippen LogP contribution in [0.15, 0.2) is 59.6 Å². The Kier molecular flexibility index (Phi) is 7.02. The van der Waals surface area contributed by atoms with Crippen molar-refractivity contribution in [1.29, 1.82) is 0 Å². The van der Waals surface area contributed by atoms with E-state index in [0.29, 0.717) is 6.54 Å². The minimum Gasteiger partial charge on any atom is -0.356 e. The zero-order chi connectivity index (χ0) is 23.2. The molecule has 0 aliphatic rings. The average molecular weight is 445 g/mol. The molecule has 4 aromatic rings. The van der Waals surface area contributed by atoms with Crippen molar-refractivity contribution >= 4 is 17.0 Å². The minimum absolute atomic E-state index is 0.124. The number of benzene rings is 2. The van der Waals surface area contributed by atoms with Crippen LogP contribution in [0.5, 0.6) is 0 Å². The molecule has 0 aliphatic heterocycles. The molecular formula is C25H32N8. The Bertz CT molecular complexity index is 1220. The van der Waals surface area contributed by atoms with Gasteiger partial charge in [-0.3, -0.25) is 0 Å². The first kappa shape index (κ1) is 22.5. The maximum absolute atomic E-state index is 4.79. The van der Waals surface area contributed by atoms with E-state index in [2.05, 4.69) is 86.7 Å². The third-order valence-electron chi connectivity index (χ3n) is 5.91. The van der Waals surface area contributed by atoms with Crippen LogP contribution in [0.2, 0.25) is 0 Å². The van der Waals surface area contributed by atoms with Gasteiger partial charge in [-0.15, -0.1) is 10.2 Å². The second-order valence-electron chi connectivity index (χ2n) is 8.24. The van der Waals surface area contributed by atoms with E-state index in [1.54, 1.807) is 0 Å². The summed E-state index contributed by atoms with van der Waals surface area (Å²) < 4.78 is 4.24. The van der Waals surface area contributed by atoms with Crippen LogP contribution in [-0.2, 0) is 20.1 Å². The molecule has 0 radical (unpaired) electrons. The highest BCUT2D eigenvalue weighted by molar-refractivity contribution is 5.80. The first-order valence-corrected chi connectivity index (χ1v) is 11.4. The maximum atomic E-state index is 4.79. The van der Waals surface area contributed by atoms with Gasteiger partial charge in [-0.25, -0.2) is 9.98 Å². The first-order valence-electron chi connectivity index (χ1n) is 11.4. The lowest BCUT2D eigenvalue weighted by Crippen LogP contribution is -2.39. The second kappa shape index (κ2) is 10.3. The molecule has 0 aliphatic carbocycles. The molecule has 8 nitrogen and oxygen atoms in total. The van der Waals surface area contributed by atoms with Crippen molar-refractivity contribution in [3.8, 4) is 0 Å². The van der Waals surface area contributed by atoms with Crippen molar-refractivity contribution < 1.29 is 0 Å². The first-order chi connectivity index (χ1) is 16.0. The van der Waals surface area contributed by atoms with Gasteiger partial charge in [0.05, 0.1) is 17.1 Å². The number of aryl methyl sites for hydroxylation is 3. The summed E-state index contributed by atoms with van der Waals surface area (Å²) >= 11 is 0. The normalized spacial score (nSPS) is 12.8. The smallest absolute Gasteiger partial charge is 0.192 e. The number of para-hydroxylation sites is 2. The van der Waals surface area contributed by atoms with Gasteiger partial charge in [-0.05, 0) is 44.9 Å². The van der Waals surface area contributed by atoms with Crippen molar-refractivity contribution in [2.75, 3.05) is 6.54 Å². The molecule has 33 heavy (non-hydrogen) atoms. The molecule has 0 saturated carbocycles. The number of hydrogen-bond acceptors (Lipinski definition) is 4. The van der Waals surface area contributed by atoms with Crippen LogP contribution in [0.3, 0.4) is 0 Å². The molecule has 172 valence electrons. The Balaban J connectivity index is 1.41. The average Bonchev–Trinajstić information content (AvgIpc) is 3.33. The fourth-order valence-corrected chi connectivity index (χ4v) is 3.84. The van der Waals surface area contributed by atoms with Crippen LogP contribution < -0.4 is 10.6 Å². The topological polar surface area (TPSA) is 85.0 Å². The van der Waals surface area contributed by atoms with Gasteiger partial charge in [0, 0.05) is 20.1 Å². The summed E-state index contributed by atoms with van der Waals surface area (Å²) in [7, 11) is 1.96. The van der Waals surface area contributed by atoms with E-state index in [4.69, 9.17) is 4.99 Å². The molecule has 2 aromatic carbocycles. The highest BCUT2D eigenvalue weighted by Crippen LogP contribution is 2.16. The molecule has 2 heterocycles. The molecule has 0 saturated heterocycles. The minimum atomic E-state index is 0.124. The lowest BCUT2D eigenvalue weighted by molar-refractivity contribution is 0.613. The zero-order valence-corrected chi connectivity index (χ0v) is 19.8. The summed E-state index contributed by atoms with van der Waals surface area (Å²) in [6.07, 6.45) is 0.949. The lowest BCUT2D eigenvalue weighted by atomic mass is 10.1. The van der Waals surface area contributed by atoms with Gasteiger partial charge in [0.25, 0.3) is 0 Å². The van der Waals surface area contributed by atoms with Crippen molar-refractivity contribution in [2.45, 2.75) is 46.3 Å². The standard InChI is InChI=1S/C25H32N8/c1-18(21-11-6-5-7-12-21)28-25(27-17-24-31-30-20(3)32(24)4)26-15-10-16-33-19(2)29-22-13-8-9-14-23(22)33/h5-9,11-14,18H,10,15-17H2,1-4H3,(H2,26,27,28). The number of fused-ring (bicyclic) bond motifs is 1. The molecule has 1 unspecified atom stereocenters. The predicted molar refractivity (Wildman–Crippen MR) is 132 cm³/mol. The Morgan fingerprint density at radius 2 is 1.76 bits per heavy atom. The van der Waals surface area contributed by atoms with Crippen molar-refractivity contribution in [3.05, 3.63) is 77.6 Å². The fraction of sp³-hybridized carbons (Fsp3) is 0.360. The van der Waals surface area contributed by atoms with E-state index < -0.39 is 0 Å². The van der Waals surface area contributed by atoms with E-state index >= 15 is 0 Å². The van der Waals surface area contributed by atoms with E-state index in [1.807, 2.05) is 30.7 Å². The predicted octanol–water partition coefficient (Wildman–Crippen LogP) is 3.67. The van der Waals surface area contributed by atoms with Crippen LogP contribution in [0.25, 0.3) is 11.0 Å². The van der Waals surface area contributed by atoms with Crippen LogP contribution in [0.1, 0.15) is 42.4 Å². The number of rotatable bonds is 8. The number of aromatic nitrogens is 5. The van der Waals surface area contributed by atoms with Crippen LogP contribution >= 0.6 is 0 Å². The number of imidazole rings is 1.